The van der Waals surface area contributed by atoms with E-state index in [1.54, 1.807) is 28.7 Å². The molecular weight excluding hydrogens is 492 g/mol. The maximum atomic E-state index is 13.1. The van der Waals surface area contributed by atoms with Crippen LogP contribution >= 0.6 is 11.3 Å². The summed E-state index contributed by atoms with van der Waals surface area (Å²) in [6.45, 7) is 5.16. The molecule has 3 aliphatic rings. The highest BCUT2D eigenvalue weighted by Gasteiger charge is 2.31. The Balaban J connectivity index is 1.13. The Bertz CT molecular complexity index is 1300. The number of rotatable bonds is 7. The summed E-state index contributed by atoms with van der Waals surface area (Å²) in [4.78, 5) is 38.6. The Morgan fingerprint density at radius 1 is 1.27 bits per heavy atom. The van der Waals surface area contributed by atoms with Crippen LogP contribution in [-0.2, 0) is 11.3 Å². The van der Waals surface area contributed by atoms with Gasteiger partial charge in [0.25, 0.3) is 11.8 Å². The van der Waals surface area contributed by atoms with Crippen LogP contribution in [0.3, 0.4) is 0 Å². The summed E-state index contributed by atoms with van der Waals surface area (Å²) in [5.41, 5.74) is 3.35. The number of fused-ring (bicyclic) bond motifs is 1. The standard InChI is InChI=1S/C26H28N6O4S/c33-24(29-21-13-28-6-5-23(21)31-9-7-27-8-10-31)22-16-37-26(30-22)32-14-17-12-18(3-4-20(17)25(32)34)36-15-19-2-1-11-35-19/h3-6,12-13,16,19,27H,1-2,7-11,14-15H2,(H,29,33). The quantitative estimate of drug-likeness (QED) is 0.490. The van der Waals surface area contributed by atoms with Gasteiger partial charge in [-0.25, -0.2) is 4.98 Å². The van der Waals surface area contributed by atoms with E-state index in [1.807, 2.05) is 18.2 Å². The second-order valence-corrected chi connectivity index (χ2v) is 10.1. The van der Waals surface area contributed by atoms with Gasteiger partial charge >= 0.3 is 0 Å². The van der Waals surface area contributed by atoms with Crippen LogP contribution in [0, 0.1) is 0 Å². The number of anilines is 3. The fourth-order valence-electron chi connectivity index (χ4n) is 4.85. The lowest BCUT2D eigenvalue weighted by Crippen LogP contribution is -2.43. The second kappa shape index (κ2) is 10.4. The molecule has 5 heterocycles. The van der Waals surface area contributed by atoms with Crippen molar-refractivity contribution >= 4 is 39.7 Å². The van der Waals surface area contributed by atoms with Crippen LogP contribution in [0.4, 0.5) is 16.5 Å². The first-order valence-electron chi connectivity index (χ1n) is 12.5. The summed E-state index contributed by atoms with van der Waals surface area (Å²) in [7, 11) is 0. The normalized spacial score (nSPS) is 19.2. The van der Waals surface area contributed by atoms with Gasteiger partial charge in [-0.3, -0.25) is 19.5 Å². The van der Waals surface area contributed by atoms with Crippen molar-refractivity contribution in [3.05, 3.63) is 58.9 Å². The molecule has 10 nitrogen and oxygen atoms in total. The van der Waals surface area contributed by atoms with E-state index in [2.05, 4.69) is 25.5 Å². The fourth-order valence-corrected chi connectivity index (χ4v) is 5.65. The van der Waals surface area contributed by atoms with Crippen molar-refractivity contribution in [3.8, 4) is 5.75 Å². The number of hydrogen-bond acceptors (Lipinski definition) is 9. The Labute approximate surface area is 218 Å². The third kappa shape index (κ3) is 5.02. The topological polar surface area (TPSA) is 109 Å². The molecule has 0 saturated carbocycles. The Kier molecular flexibility index (Phi) is 6.73. The number of benzene rings is 1. The average Bonchev–Trinajstić information content (AvgIpc) is 3.69. The zero-order chi connectivity index (χ0) is 25.2. The van der Waals surface area contributed by atoms with E-state index in [4.69, 9.17) is 9.47 Å². The van der Waals surface area contributed by atoms with Crippen molar-refractivity contribution in [2.75, 3.05) is 54.5 Å². The molecule has 0 spiro atoms. The van der Waals surface area contributed by atoms with Gasteiger partial charge < -0.3 is 25.0 Å². The first-order valence-corrected chi connectivity index (χ1v) is 13.4. The van der Waals surface area contributed by atoms with E-state index in [0.29, 0.717) is 29.5 Å². The van der Waals surface area contributed by atoms with Crippen molar-refractivity contribution in [1.82, 2.24) is 15.3 Å². The van der Waals surface area contributed by atoms with Crippen molar-refractivity contribution in [1.29, 1.82) is 0 Å². The molecular formula is C26H28N6O4S. The van der Waals surface area contributed by atoms with E-state index in [9.17, 15) is 9.59 Å². The van der Waals surface area contributed by atoms with Crippen molar-refractivity contribution < 1.29 is 19.1 Å². The molecule has 2 N–H and O–H groups in total. The van der Waals surface area contributed by atoms with E-state index < -0.39 is 0 Å². The predicted octanol–water partition coefficient (Wildman–Crippen LogP) is 2.92. The first kappa shape index (κ1) is 23.8. The van der Waals surface area contributed by atoms with E-state index >= 15 is 0 Å². The lowest BCUT2D eigenvalue weighted by molar-refractivity contribution is 0.0679. The maximum Gasteiger partial charge on any atom is 0.275 e. The van der Waals surface area contributed by atoms with Crippen LogP contribution in [0.1, 0.15) is 39.3 Å². The van der Waals surface area contributed by atoms with Crippen molar-refractivity contribution in [2.45, 2.75) is 25.5 Å². The minimum atomic E-state index is -0.333. The molecule has 0 bridgehead atoms. The maximum absolute atomic E-state index is 13.1. The summed E-state index contributed by atoms with van der Waals surface area (Å²) < 4.78 is 11.5. The highest BCUT2D eigenvalue weighted by Crippen LogP contribution is 2.33. The summed E-state index contributed by atoms with van der Waals surface area (Å²) >= 11 is 1.27. The number of carbonyl (C=O) groups excluding carboxylic acids is 2. The van der Waals surface area contributed by atoms with Gasteiger partial charge in [-0.2, -0.15) is 0 Å². The van der Waals surface area contributed by atoms with Gasteiger partial charge in [0.15, 0.2) is 5.13 Å². The lowest BCUT2D eigenvalue weighted by Gasteiger charge is -2.30. The Hall–Kier alpha value is -3.54. The molecule has 1 unspecified atom stereocenters. The van der Waals surface area contributed by atoms with E-state index in [0.717, 1.165) is 62.6 Å². The second-order valence-electron chi connectivity index (χ2n) is 9.26. The lowest BCUT2D eigenvalue weighted by atomic mass is 10.1. The van der Waals surface area contributed by atoms with Crippen LogP contribution < -0.4 is 25.2 Å². The minimum Gasteiger partial charge on any atom is -0.491 e. The number of thiazole rings is 1. The molecule has 3 aliphatic heterocycles. The highest BCUT2D eigenvalue weighted by molar-refractivity contribution is 7.14. The van der Waals surface area contributed by atoms with Gasteiger partial charge in [-0.1, -0.05) is 0 Å². The number of amides is 2. The average molecular weight is 521 g/mol. The third-order valence-corrected chi connectivity index (χ3v) is 7.66. The molecule has 2 fully saturated rings. The molecule has 2 aromatic heterocycles. The highest BCUT2D eigenvalue weighted by atomic mass is 32.1. The number of piperazine rings is 1. The molecule has 37 heavy (non-hydrogen) atoms. The largest absolute Gasteiger partial charge is 0.491 e. The summed E-state index contributed by atoms with van der Waals surface area (Å²) in [6.07, 6.45) is 5.58. The van der Waals surface area contributed by atoms with Gasteiger partial charge in [0.1, 0.15) is 18.1 Å². The molecule has 1 aromatic carbocycles. The molecule has 6 rings (SSSR count). The molecule has 2 amide bonds. The third-order valence-electron chi connectivity index (χ3n) is 6.80. The number of nitrogens with zero attached hydrogens (tertiary/aromatic N) is 4. The molecule has 192 valence electrons. The Morgan fingerprint density at radius 2 is 2.16 bits per heavy atom. The van der Waals surface area contributed by atoms with Gasteiger partial charge in [0.05, 0.1) is 30.2 Å². The number of ether oxygens (including phenoxy) is 2. The molecule has 0 aliphatic carbocycles. The summed E-state index contributed by atoms with van der Waals surface area (Å²) in [5, 5.41) is 8.45. The minimum absolute atomic E-state index is 0.129. The van der Waals surface area contributed by atoms with Crippen LogP contribution in [-0.4, -0.2) is 67.3 Å². The summed E-state index contributed by atoms with van der Waals surface area (Å²) in [6, 6.07) is 7.43. The van der Waals surface area contributed by atoms with Crippen LogP contribution in [0.2, 0.25) is 0 Å². The number of hydrogen-bond donors (Lipinski definition) is 2. The van der Waals surface area contributed by atoms with Gasteiger partial charge in [0.2, 0.25) is 0 Å². The van der Waals surface area contributed by atoms with Crippen LogP contribution in [0.15, 0.2) is 42.0 Å². The fraction of sp³-hybridized carbons (Fsp3) is 0.385. The number of nitrogens with one attached hydrogen (secondary N) is 2. The zero-order valence-corrected chi connectivity index (χ0v) is 21.1. The number of pyridine rings is 1. The van der Waals surface area contributed by atoms with E-state index in [1.165, 1.54) is 11.3 Å². The molecule has 3 aromatic rings. The summed E-state index contributed by atoms with van der Waals surface area (Å²) in [5.74, 6) is 0.260. The van der Waals surface area contributed by atoms with Crippen molar-refractivity contribution in [2.24, 2.45) is 0 Å². The van der Waals surface area contributed by atoms with Gasteiger partial charge in [-0.15, -0.1) is 11.3 Å². The smallest absolute Gasteiger partial charge is 0.275 e. The SMILES string of the molecule is O=C(Nc1cnccc1N1CCNCC1)c1csc(N2Cc3cc(OCC4CCCO4)ccc3C2=O)n1. The first-order chi connectivity index (χ1) is 18.2. The van der Waals surface area contributed by atoms with Crippen LogP contribution in [0.25, 0.3) is 0 Å². The molecule has 11 heteroatoms. The predicted molar refractivity (Wildman–Crippen MR) is 141 cm³/mol. The Morgan fingerprint density at radius 3 is 3.00 bits per heavy atom. The van der Waals surface area contributed by atoms with Gasteiger partial charge in [0, 0.05) is 49.9 Å². The zero-order valence-electron chi connectivity index (χ0n) is 20.3. The number of aromatic nitrogens is 2. The van der Waals surface area contributed by atoms with Crippen LogP contribution in [0.5, 0.6) is 5.75 Å². The molecule has 1 atom stereocenters. The molecule has 2 saturated heterocycles. The van der Waals surface area contributed by atoms with Crippen molar-refractivity contribution in [3.63, 3.8) is 0 Å². The monoisotopic (exact) mass is 520 g/mol. The van der Waals surface area contributed by atoms with E-state index in [-0.39, 0.29) is 23.6 Å². The van der Waals surface area contributed by atoms with Gasteiger partial charge in [-0.05, 0) is 42.7 Å². The number of carbonyl (C=O) groups is 2. The molecule has 0 radical (unpaired) electrons.